The number of benzene rings is 1. The standard InChI is InChI=1S/C14H20ClNO2/c1-11(2)18-9-8-16(3)14(17)13-6-4-12(10-15)5-7-13/h4-7,11H,8-10H2,1-3H3. The van der Waals surface area contributed by atoms with Gasteiger partial charge in [-0.2, -0.15) is 0 Å². The maximum Gasteiger partial charge on any atom is 0.253 e. The highest BCUT2D eigenvalue weighted by molar-refractivity contribution is 6.17. The summed E-state index contributed by atoms with van der Waals surface area (Å²) in [5.74, 6) is 0.468. The number of hydrogen-bond donors (Lipinski definition) is 0. The van der Waals surface area contributed by atoms with Gasteiger partial charge in [-0.3, -0.25) is 4.79 Å². The van der Waals surface area contributed by atoms with Crippen LogP contribution in [-0.2, 0) is 10.6 Å². The summed E-state index contributed by atoms with van der Waals surface area (Å²) in [5, 5.41) is 0. The van der Waals surface area contributed by atoms with Crippen LogP contribution in [0.3, 0.4) is 0 Å². The first kappa shape index (κ1) is 15.0. The number of amides is 1. The van der Waals surface area contributed by atoms with Gasteiger partial charge in [0.05, 0.1) is 12.7 Å². The molecule has 0 aliphatic rings. The number of alkyl halides is 1. The minimum Gasteiger partial charge on any atom is -0.377 e. The molecule has 1 aromatic carbocycles. The zero-order valence-electron chi connectivity index (χ0n) is 11.1. The molecule has 100 valence electrons. The van der Waals surface area contributed by atoms with E-state index in [1.807, 2.05) is 26.0 Å². The lowest BCUT2D eigenvalue weighted by Gasteiger charge is -2.18. The average Bonchev–Trinajstić information content (AvgIpc) is 2.37. The molecule has 0 aromatic heterocycles. The Kier molecular flexibility index (Phi) is 6.16. The molecule has 18 heavy (non-hydrogen) atoms. The molecule has 0 fully saturated rings. The van der Waals surface area contributed by atoms with Gasteiger partial charge in [-0.05, 0) is 31.5 Å². The molecule has 0 N–H and O–H groups in total. The molecule has 1 rings (SSSR count). The van der Waals surface area contributed by atoms with Gasteiger partial charge in [-0.1, -0.05) is 12.1 Å². The summed E-state index contributed by atoms with van der Waals surface area (Å²) < 4.78 is 5.42. The molecule has 4 heteroatoms. The molecule has 3 nitrogen and oxygen atoms in total. The number of nitrogens with zero attached hydrogens (tertiary/aromatic N) is 1. The molecule has 0 saturated carbocycles. The van der Waals surface area contributed by atoms with Crippen LogP contribution >= 0.6 is 11.6 Å². The van der Waals surface area contributed by atoms with Crippen LogP contribution in [0.5, 0.6) is 0 Å². The lowest BCUT2D eigenvalue weighted by molar-refractivity contribution is 0.0532. The SMILES string of the molecule is CC(C)OCCN(C)C(=O)c1ccc(CCl)cc1. The van der Waals surface area contributed by atoms with Crippen molar-refractivity contribution in [1.29, 1.82) is 0 Å². The fourth-order valence-corrected chi connectivity index (χ4v) is 1.66. The normalized spacial score (nSPS) is 10.7. The van der Waals surface area contributed by atoms with E-state index >= 15 is 0 Å². The smallest absolute Gasteiger partial charge is 0.253 e. The van der Waals surface area contributed by atoms with E-state index in [9.17, 15) is 4.79 Å². The fraction of sp³-hybridized carbons (Fsp3) is 0.500. The Morgan fingerprint density at radius 1 is 1.33 bits per heavy atom. The Morgan fingerprint density at radius 3 is 2.44 bits per heavy atom. The summed E-state index contributed by atoms with van der Waals surface area (Å²) in [5.41, 5.74) is 1.69. The fourth-order valence-electron chi connectivity index (χ4n) is 1.48. The van der Waals surface area contributed by atoms with Crippen molar-refractivity contribution in [2.75, 3.05) is 20.2 Å². The van der Waals surface area contributed by atoms with Crippen molar-refractivity contribution in [3.63, 3.8) is 0 Å². The molecular weight excluding hydrogens is 250 g/mol. The summed E-state index contributed by atoms with van der Waals surface area (Å²) in [6.45, 7) is 5.10. The minimum absolute atomic E-state index is 0.00322. The molecule has 0 heterocycles. The number of halogens is 1. The van der Waals surface area contributed by atoms with Crippen LogP contribution in [-0.4, -0.2) is 37.1 Å². The van der Waals surface area contributed by atoms with Crippen molar-refractivity contribution in [3.8, 4) is 0 Å². The zero-order valence-corrected chi connectivity index (χ0v) is 11.9. The molecule has 0 aliphatic carbocycles. The van der Waals surface area contributed by atoms with Crippen LogP contribution in [0.15, 0.2) is 24.3 Å². The third kappa shape index (κ3) is 4.67. The van der Waals surface area contributed by atoms with Crippen LogP contribution < -0.4 is 0 Å². The Balaban J connectivity index is 2.51. The van der Waals surface area contributed by atoms with E-state index in [2.05, 4.69) is 0 Å². The van der Waals surface area contributed by atoms with E-state index in [0.717, 1.165) is 5.56 Å². The molecule has 1 aromatic rings. The van der Waals surface area contributed by atoms with Gasteiger partial charge in [-0.15, -0.1) is 11.6 Å². The van der Waals surface area contributed by atoms with Crippen molar-refractivity contribution in [2.45, 2.75) is 25.8 Å². The van der Waals surface area contributed by atoms with E-state index < -0.39 is 0 Å². The van der Waals surface area contributed by atoms with Crippen LogP contribution in [0.2, 0.25) is 0 Å². The molecule has 1 amide bonds. The maximum atomic E-state index is 12.1. The second kappa shape index (κ2) is 7.39. The first-order chi connectivity index (χ1) is 8.54. The van der Waals surface area contributed by atoms with Gasteiger partial charge < -0.3 is 9.64 Å². The number of ether oxygens (including phenoxy) is 1. The number of carbonyl (C=O) groups is 1. The van der Waals surface area contributed by atoms with E-state index in [4.69, 9.17) is 16.3 Å². The maximum absolute atomic E-state index is 12.1. The van der Waals surface area contributed by atoms with Crippen molar-refractivity contribution in [3.05, 3.63) is 35.4 Å². The van der Waals surface area contributed by atoms with E-state index in [1.54, 1.807) is 24.1 Å². The topological polar surface area (TPSA) is 29.5 Å². The molecule has 0 bridgehead atoms. The van der Waals surface area contributed by atoms with Gasteiger partial charge in [0.15, 0.2) is 0 Å². The van der Waals surface area contributed by atoms with Crippen molar-refractivity contribution in [1.82, 2.24) is 4.90 Å². The highest BCUT2D eigenvalue weighted by atomic mass is 35.5. The third-order valence-electron chi connectivity index (χ3n) is 2.58. The second-order valence-electron chi connectivity index (χ2n) is 4.48. The highest BCUT2D eigenvalue weighted by Gasteiger charge is 2.11. The molecule has 0 spiro atoms. The van der Waals surface area contributed by atoms with Gasteiger partial charge in [0.2, 0.25) is 0 Å². The van der Waals surface area contributed by atoms with E-state index in [-0.39, 0.29) is 12.0 Å². The van der Waals surface area contributed by atoms with Crippen LogP contribution in [0.25, 0.3) is 0 Å². The highest BCUT2D eigenvalue weighted by Crippen LogP contribution is 2.08. The lowest BCUT2D eigenvalue weighted by atomic mass is 10.1. The van der Waals surface area contributed by atoms with Crippen LogP contribution in [0, 0.1) is 0 Å². The Labute approximate surface area is 114 Å². The summed E-state index contributed by atoms with van der Waals surface area (Å²) in [6.07, 6.45) is 0.191. The van der Waals surface area contributed by atoms with E-state index in [0.29, 0.717) is 24.6 Å². The summed E-state index contributed by atoms with van der Waals surface area (Å²) in [7, 11) is 1.78. The van der Waals surface area contributed by atoms with Crippen molar-refractivity contribution >= 4 is 17.5 Å². The van der Waals surface area contributed by atoms with Gasteiger partial charge >= 0.3 is 0 Å². The number of hydrogen-bond acceptors (Lipinski definition) is 2. The third-order valence-corrected chi connectivity index (χ3v) is 2.89. The van der Waals surface area contributed by atoms with Gasteiger partial charge in [-0.25, -0.2) is 0 Å². The number of rotatable bonds is 6. The molecule has 0 unspecified atom stereocenters. The van der Waals surface area contributed by atoms with Crippen molar-refractivity contribution in [2.24, 2.45) is 0 Å². The molecule has 0 aliphatic heterocycles. The molecule has 0 atom stereocenters. The second-order valence-corrected chi connectivity index (χ2v) is 4.74. The molecule has 0 saturated heterocycles. The Bertz CT molecular complexity index is 376. The average molecular weight is 270 g/mol. The largest absolute Gasteiger partial charge is 0.377 e. The summed E-state index contributed by atoms with van der Waals surface area (Å²) in [6, 6.07) is 7.36. The van der Waals surface area contributed by atoms with Crippen LogP contribution in [0.1, 0.15) is 29.8 Å². The predicted molar refractivity (Wildman–Crippen MR) is 74.0 cm³/mol. The first-order valence-electron chi connectivity index (χ1n) is 6.06. The number of likely N-dealkylation sites (N-methyl/N-ethyl adjacent to an activating group) is 1. The molecular formula is C14H20ClNO2. The summed E-state index contributed by atoms with van der Waals surface area (Å²) >= 11 is 5.71. The van der Waals surface area contributed by atoms with Gasteiger partial charge in [0.1, 0.15) is 0 Å². The van der Waals surface area contributed by atoms with E-state index in [1.165, 1.54) is 0 Å². The monoisotopic (exact) mass is 269 g/mol. The predicted octanol–water partition coefficient (Wildman–Crippen LogP) is 2.92. The molecule has 0 radical (unpaired) electrons. The lowest BCUT2D eigenvalue weighted by Crippen LogP contribution is -2.30. The minimum atomic E-state index is 0.00322. The Hall–Kier alpha value is -1.06. The quantitative estimate of drug-likeness (QED) is 0.743. The van der Waals surface area contributed by atoms with Crippen molar-refractivity contribution < 1.29 is 9.53 Å². The van der Waals surface area contributed by atoms with Gasteiger partial charge in [0.25, 0.3) is 5.91 Å². The zero-order chi connectivity index (χ0) is 13.5. The van der Waals surface area contributed by atoms with Crippen LogP contribution in [0.4, 0.5) is 0 Å². The first-order valence-corrected chi connectivity index (χ1v) is 6.60. The van der Waals surface area contributed by atoms with Gasteiger partial charge in [0, 0.05) is 25.0 Å². The summed E-state index contributed by atoms with van der Waals surface area (Å²) in [4.78, 5) is 13.7. The Morgan fingerprint density at radius 2 is 1.94 bits per heavy atom. The number of carbonyl (C=O) groups excluding carboxylic acids is 1.